The summed E-state index contributed by atoms with van der Waals surface area (Å²) in [5, 5.41) is 0. The van der Waals surface area contributed by atoms with Crippen molar-refractivity contribution in [1.82, 2.24) is 0 Å². The third kappa shape index (κ3) is 6570. The minimum absolute atomic E-state index is 0. The van der Waals surface area contributed by atoms with Crippen LogP contribution in [0.5, 0.6) is 0 Å². The molecule has 0 aliphatic rings. The predicted octanol–water partition coefficient (Wildman–Crippen LogP) is -12.8. The SMILES string of the molecule is O.O.O.O.[Ni+2].[O-][Cl+3]([O-])([O-])[O-].[O-][Cl+3]([O-])([O-])[O-]. The van der Waals surface area contributed by atoms with Gasteiger partial charge in [0.1, 0.15) is 0 Å². The van der Waals surface area contributed by atoms with Gasteiger partial charge in [0.2, 0.25) is 0 Å². The van der Waals surface area contributed by atoms with Crippen molar-refractivity contribution in [3.05, 3.63) is 0 Å². The maximum atomic E-state index is 8.49. The van der Waals surface area contributed by atoms with Crippen LogP contribution in [0.2, 0.25) is 0 Å². The Hall–Kier alpha value is 0.594. The first-order valence-corrected chi connectivity index (χ1v) is 3.70. The predicted molar refractivity (Wildman–Crippen MR) is 14.5 cm³/mol. The van der Waals surface area contributed by atoms with Gasteiger partial charge in [0.25, 0.3) is 0 Å². The molecule has 0 aromatic heterocycles. The molecule has 0 radical (unpaired) electrons. The molecule has 0 aromatic carbocycles. The molecule has 0 saturated heterocycles. The molecule has 0 heterocycles. The summed E-state index contributed by atoms with van der Waals surface area (Å²) >= 11 is 0. The van der Waals surface area contributed by atoms with E-state index < -0.39 is 20.5 Å². The molecular formula is H8Cl2NiO12. The van der Waals surface area contributed by atoms with Gasteiger partial charge in [-0.2, -0.15) is 0 Å². The second-order valence-electron chi connectivity index (χ2n) is 0.756. The summed E-state index contributed by atoms with van der Waals surface area (Å²) in [6.45, 7) is 0. The van der Waals surface area contributed by atoms with E-state index in [1.165, 1.54) is 0 Å². The van der Waals surface area contributed by atoms with Gasteiger partial charge in [0.05, 0.1) is 0 Å². The summed E-state index contributed by atoms with van der Waals surface area (Å²) in [6, 6.07) is 0. The summed E-state index contributed by atoms with van der Waals surface area (Å²) in [7, 11) is -9.89. The largest absolute Gasteiger partial charge is 2.00 e. The summed E-state index contributed by atoms with van der Waals surface area (Å²) < 4.78 is 67.9. The van der Waals surface area contributed by atoms with Crippen LogP contribution in [0.1, 0.15) is 0 Å². The summed E-state index contributed by atoms with van der Waals surface area (Å²) in [6.07, 6.45) is 0. The van der Waals surface area contributed by atoms with Gasteiger partial charge in [-0.15, -0.1) is 20.5 Å². The van der Waals surface area contributed by atoms with Crippen molar-refractivity contribution in [2.45, 2.75) is 0 Å². The van der Waals surface area contributed by atoms with Crippen molar-refractivity contribution in [3.8, 4) is 0 Å². The second kappa shape index (κ2) is 17.0. The van der Waals surface area contributed by atoms with Gasteiger partial charge in [0.15, 0.2) is 0 Å². The van der Waals surface area contributed by atoms with E-state index in [4.69, 9.17) is 37.3 Å². The van der Waals surface area contributed by atoms with Crippen LogP contribution in [0.25, 0.3) is 0 Å². The van der Waals surface area contributed by atoms with Crippen LogP contribution in [0.15, 0.2) is 0 Å². The quantitative estimate of drug-likeness (QED) is 0.382. The molecule has 0 bridgehead atoms. The van der Waals surface area contributed by atoms with E-state index in [0.717, 1.165) is 0 Å². The van der Waals surface area contributed by atoms with Crippen molar-refractivity contribution < 1.29 is 96.2 Å². The molecule has 15 heteroatoms. The van der Waals surface area contributed by atoms with Crippen LogP contribution in [0, 0.1) is 20.5 Å². The molecule has 0 aromatic rings. The minimum Gasteiger partial charge on any atom is -0.412 e. The zero-order valence-corrected chi connectivity index (χ0v) is 8.84. The fraction of sp³-hybridized carbons (Fsp3) is 0. The van der Waals surface area contributed by atoms with E-state index in [2.05, 4.69) is 0 Å². The van der Waals surface area contributed by atoms with Gasteiger partial charge in [-0.1, -0.05) is 0 Å². The molecule has 15 heavy (non-hydrogen) atoms. The Labute approximate surface area is 96.6 Å². The smallest absolute Gasteiger partial charge is 0.412 e. The first kappa shape index (κ1) is 45.0. The molecule has 0 aliphatic heterocycles. The van der Waals surface area contributed by atoms with Crippen molar-refractivity contribution in [2.75, 3.05) is 0 Å². The zero-order valence-electron chi connectivity index (χ0n) is 6.34. The number of rotatable bonds is 0. The van der Waals surface area contributed by atoms with Crippen LogP contribution in [0.4, 0.5) is 0 Å². The van der Waals surface area contributed by atoms with Gasteiger partial charge in [0, 0.05) is 0 Å². The minimum atomic E-state index is -4.94. The molecule has 0 spiro atoms. The van der Waals surface area contributed by atoms with Crippen molar-refractivity contribution in [3.63, 3.8) is 0 Å². The van der Waals surface area contributed by atoms with Crippen LogP contribution < -0.4 is 37.3 Å². The van der Waals surface area contributed by atoms with Gasteiger partial charge in [-0.3, -0.25) is 0 Å². The Kier molecular flexibility index (Phi) is 51.0. The fourth-order valence-electron chi connectivity index (χ4n) is 0. The topological polar surface area (TPSA) is 310 Å². The molecule has 0 rings (SSSR count). The van der Waals surface area contributed by atoms with Crippen molar-refractivity contribution in [2.24, 2.45) is 0 Å². The molecule has 0 aliphatic carbocycles. The molecule has 0 amide bonds. The molecule has 0 fully saturated rings. The molecule has 104 valence electrons. The van der Waals surface area contributed by atoms with Crippen molar-refractivity contribution in [1.29, 1.82) is 0 Å². The Morgan fingerprint density at radius 2 is 0.400 bits per heavy atom. The Morgan fingerprint density at radius 3 is 0.400 bits per heavy atom. The standard InChI is InChI=1S/2ClHO4.Ni.4H2O/c2*2-1(3,4)5;;;;;/h2*(H,2,3,4,5);;4*1H2/q;;+2;;;;/p-2. The number of halogens is 2. The molecule has 0 atom stereocenters. The van der Waals surface area contributed by atoms with Crippen LogP contribution in [-0.2, 0) is 16.5 Å². The first-order valence-electron chi connectivity index (χ1n) is 1.23. The Morgan fingerprint density at radius 1 is 0.400 bits per heavy atom. The molecular weight excluding hydrogens is 322 g/mol. The Bertz CT molecular complexity index is 56.6. The van der Waals surface area contributed by atoms with E-state index in [-0.39, 0.29) is 38.4 Å². The maximum absolute atomic E-state index is 8.49. The average Bonchev–Trinajstić information content (AvgIpc) is 1.12. The second-order valence-corrected chi connectivity index (χ2v) is 2.27. The molecule has 0 unspecified atom stereocenters. The van der Waals surface area contributed by atoms with E-state index in [0.29, 0.717) is 0 Å². The molecule has 0 saturated carbocycles. The van der Waals surface area contributed by atoms with Crippen molar-refractivity contribution >= 4 is 0 Å². The zero-order chi connectivity index (χ0) is 9.00. The Balaban J connectivity index is -0.0000000128. The first-order chi connectivity index (χ1) is 4.00. The van der Waals surface area contributed by atoms with E-state index >= 15 is 0 Å². The number of hydrogen-bond donors (Lipinski definition) is 0. The van der Waals surface area contributed by atoms with Crippen LogP contribution >= 0.6 is 0 Å². The third-order valence-corrected chi connectivity index (χ3v) is 0. The summed E-state index contributed by atoms with van der Waals surface area (Å²) in [5.74, 6) is 0. The third-order valence-electron chi connectivity index (χ3n) is 0. The van der Waals surface area contributed by atoms with Crippen LogP contribution in [-0.4, -0.2) is 21.9 Å². The average molecular weight is 330 g/mol. The fourth-order valence-corrected chi connectivity index (χ4v) is 0. The van der Waals surface area contributed by atoms with E-state index in [1.54, 1.807) is 0 Å². The maximum Gasteiger partial charge on any atom is 2.00 e. The van der Waals surface area contributed by atoms with Gasteiger partial charge in [-0.25, -0.2) is 37.3 Å². The van der Waals surface area contributed by atoms with E-state index in [1.807, 2.05) is 0 Å². The summed E-state index contributed by atoms with van der Waals surface area (Å²) in [5.41, 5.74) is 0. The monoisotopic (exact) mass is 328 g/mol. The normalized spacial score (nSPS) is 8.00. The van der Waals surface area contributed by atoms with Gasteiger partial charge >= 0.3 is 16.5 Å². The van der Waals surface area contributed by atoms with Gasteiger partial charge in [-0.05, 0) is 0 Å². The van der Waals surface area contributed by atoms with E-state index in [9.17, 15) is 0 Å². The van der Waals surface area contributed by atoms with Crippen LogP contribution in [0.3, 0.4) is 0 Å². The summed E-state index contributed by atoms with van der Waals surface area (Å²) in [4.78, 5) is 0. The number of hydrogen-bond acceptors (Lipinski definition) is 8. The molecule has 12 nitrogen and oxygen atoms in total. The van der Waals surface area contributed by atoms with Gasteiger partial charge < -0.3 is 21.9 Å². The molecule has 8 N–H and O–H groups in total.